The first kappa shape index (κ1) is 26.2. The van der Waals surface area contributed by atoms with Crippen molar-refractivity contribution in [3.05, 3.63) is 59.2 Å². The van der Waals surface area contributed by atoms with Crippen molar-refractivity contribution in [3.63, 3.8) is 0 Å². The molecular weight excluding hydrogens is 428 g/mol. The molecule has 2 aliphatic rings. The Morgan fingerprint density at radius 1 is 1.29 bits per heavy atom. The van der Waals surface area contributed by atoms with Gasteiger partial charge in [-0.2, -0.15) is 0 Å². The summed E-state index contributed by atoms with van der Waals surface area (Å²) >= 11 is 0. The van der Waals surface area contributed by atoms with Gasteiger partial charge in [-0.25, -0.2) is 0 Å². The van der Waals surface area contributed by atoms with Crippen LogP contribution in [0.1, 0.15) is 58.9 Å². The molecule has 3 rings (SSSR count). The molecule has 186 valence electrons. The molecule has 4 N–H and O–H groups in total. The number of hydrogen-bond acceptors (Lipinski definition) is 5. The molecule has 0 fully saturated rings. The van der Waals surface area contributed by atoms with E-state index in [9.17, 15) is 10.2 Å². The van der Waals surface area contributed by atoms with Crippen molar-refractivity contribution in [3.8, 4) is 11.5 Å². The molecule has 6 nitrogen and oxygen atoms in total. The standard InChI is InChI=1S/C28H40N2O4/c1-5-7-8-27-22(17-31)14-23(34-27)11-9-20-10-12-26(32)28(13-20)33-18-25(29-6-2)24-15-21(16-30-24)19(3)4/h10,12-16,19,25,27,29,31,34H,5-9,11,17-18H2,1-4H3/p+1. The maximum atomic E-state index is 10.4. The third-order valence-corrected chi connectivity index (χ3v) is 6.37. The van der Waals surface area contributed by atoms with Crippen LogP contribution in [0.5, 0.6) is 11.5 Å². The van der Waals surface area contributed by atoms with E-state index >= 15 is 0 Å². The molecule has 0 amide bonds. The zero-order valence-corrected chi connectivity index (χ0v) is 21.1. The maximum absolute atomic E-state index is 10.4. The van der Waals surface area contributed by atoms with E-state index in [-0.39, 0.29) is 24.5 Å². The van der Waals surface area contributed by atoms with Gasteiger partial charge in [0, 0.05) is 18.9 Å². The highest BCUT2D eigenvalue weighted by molar-refractivity contribution is 5.83. The monoisotopic (exact) mass is 469 g/mol. The SMILES string of the molecule is CCCCC1[OH+][C-](CCc2ccc(O)c(OCC(NCC)C3=C[C+](C(C)C)C=N3)c2)C=C1CO. The Hall–Kier alpha value is -2.41. The second kappa shape index (κ2) is 12.9. The molecule has 0 spiro atoms. The number of nitrogens with one attached hydrogen (secondary N) is 1. The maximum Gasteiger partial charge on any atom is 0.196 e. The lowest BCUT2D eigenvalue weighted by Gasteiger charge is -2.19. The normalized spacial score (nSPS) is 18.6. The fourth-order valence-electron chi connectivity index (χ4n) is 4.24. The summed E-state index contributed by atoms with van der Waals surface area (Å²) in [6, 6.07) is 5.49. The highest BCUT2D eigenvalue weighted by Gasteiger charge is 2.31. The van der Waals surface area contributed by atoms with Crippen molar-refractivity contribution in [1.82, 2.24) is 5.32 Å². The van der Waals surface area contributed by atoms with E-state index in [4.69, 9.17) is 9.47 Å². The van der Waals surface area contributed by atoms with Crippen LogP contribution in [0.3, 0.4) is 0 Å². The molecule has 1 aromatic carbocycles. The molecule has 1 aromatic rings. The number of aromatic hydroxyl groups is 1. The predicted molar refractivity (Wildman–Crippen MR) is 138 cm³/mol. The Balaban J connectivity index is 1.58. The van der Waals surface area contributed by atoms with Gasteiger partial charge in [-0.15, -0.1) is 16.6 Å². The molecule has 2 heterocycles. The zero-order chi connectivity index (χ0) is 24.5. The number of ether oxygens (including phenoxy) is 2. The molecule has 34 heavy (non-hydrogen) atoms. The summed E-state index contributed by atoms with van der Waals surface area (Å²) in [6.07, 6.45) is 12.1. The number of benzene rings is 1. The predicted octanol–water partition coefficient (Wildman–Crippen LogP) is 4.43. The van der Waals surface area contributed by atoms with Crippen molar-refractivity contribution < 1.29 is 19.7 Å². The first-order chi connectivity index (χ1) is 16.4. The van der Waals surface area contributed by atoms with Crippen LogP contribution in [-0.2, 0) is 6.42 Å². The third kappa shape index (κ3) is 7.05. The number of aliphatic hydroxyl groups excluding tert-OH is 1. The van der Waals surface area contributed by atoms with E-state index < -0.39 is 0 Å². The Labute approximate surface area is 204 Å². The molecule has 0 saturated heterocycles. The minimum atomic E-state index is -0.0458. The summed E-state index contributed by atoms with van der Waals surface area (Å²) < 4.78 is 10.9. The molecule has 0 radical (unpaired) electrons. The van der Waals surface area contributed by atoms with E-state index in [1.54, 1.807) is 6.07 Å². The fraction of sp³-hybridized carbons (Fsp3) is 0.536. The molecule has 0 saturated carbocycles. The van der Waals surface area contributed by atoms with E-state index in [0.717, 1.165) is 61.6 Å². The number of nitrogens with zero attached hydrogens (tertiary/aromatic N) is 1. The summed E-state index contributed by atoms with van der Waals surface area (Å²) in [5, 5.41) is 23.5. The molecule has 6 heteroatoms. The number of rotatable bonds is 14. The number of likely N-dealkylation sites (N-methyl/N-ethyl adjacent to an activating group) is 1. The van der Waals surface area contributed by atoms with Crippen LogP contribution < -0.4 is 10.1 Å². The summed E-state index contributed by atoms with van der Waals surface area (Å²) in [4.78, 5) is 4.58. The molecule has 0 bridgehead atoms. The molecular formula is C28H41N2O4+. The summed E-state index contributed by atoms with van der Waals surface area (Å²) in [6.45, 7) is 9.81. The molecule has 0 aromatic heterocycles. The first-order valence-corrected chi connectivity index (χ1v) is 12.6. The van der Waals surface area contributed by atoms with Gasteiger partial charge >= 0.3 is 0 Å². The lowest BCUT2D eigenvalue weighted by atomic mass is 9.97. The van der Waals surface area contributed by atoms with Crippen molar-refractivity contribution in [1.29, 1.82) is 0 Å². The van der Waals surface area contributed by atoms with E-state index in [1.165, 1.54) is 5.92 Å². The minimum absolute atomic E-state index is 0.0458. The number of aliphatic hydroxyl groups is 3. The summed E-state index contributed by atoms with van der Waals surface area (Å²) in [5.41, 5.74) is 3.07. The highest BCUT2D eigenvalue weighted by atomic mass is 16.5. The number of hydrogen-bond donors (Lipinski definition) is 3. The second-order valence-electron chi connectivity index (χ2n) is 9.36. The number of phenols is 1. The van der Waals surface area contributed by atoms with Crippen molar-refractivity contribution in [2.24, 2.45) is 10.9 Å². The van der Waals surface area contributed by atoms with Crippen LogP contribution in [0.4, 0.5) is 0 Å². The minimum Gasteiger partial charge on any atom is -0.504 e. The van der Waals surface area contributed by atoms with Gasteiger partial charge in [0.05, 0.1) is 6.10 Å². The van der Waals surface area contributed by atoms with Crippen molar-refractivity contribution >= 4 is 6.21 Å². The number of allylic oxidation sites excluding steroid dienone is 1. The van der Waals surface area contributed by atoms with Gasteiger partial charge in [-0.1, -0.05) is 26.3 Å². The molecule has 0 aliphatic carbocycles. The Kier molecular flexibility index (Phi) is 9.93. The quantitative estimate of drug-likeness (QED) is 0.278. The number of unbranched alkanes of at least 4 members (excludes halogenated alkanes) is 1. The average molecular weight is 470 g/mol. The van der Waals surface area contributed by atoms with Crippen LogP contribution in [-0.4, -0.2) is 53.1 Å². The lowest BCUT2D eigenvalue weighted by Crippen LogP contribution is -2.35. The number of aliphatic imine (C=N–C) groups is 1. The van der Waals surface area contributed by atoms with Crippen LogP contribution >= 0.6 is 0 Å². The van der Waals surface area contributed by atoms with Crippen molar-refractivity contribution in [2.75, 3.05) is 19.8 Å². The van der Waals surface area contributed by atoms with E-state index in [2.05, 4.69) is 50.2 Å². The molecule has 2 aliphatic heterocycles. The Morgan fingerprint density at radius 2 is 2.12 bits per heavy atom. The second-order valence-corrected chi connectivity index (χ2v) is 9.36. The largest absolute Gasteiger partial charge is 0.504 e. The van der Waals surface area contributed by atoms with Gasteiger partial charge in [0.15, 0.2) is 23.2 Å². The van der Waals surface area contributed by atoms with Gasteiger partial charge in [0.2, 0.25) is 0 Å². The fourth-order valence-corrected chi connectivity index (χ4v) is 4.24. The third-order valence-electron chi connectivity index (χ3n) is 6.37. The van der Waals surface area contributed by atoms with Gasteiger partial charge < -0.3 is 19.7 Å². The zero-order valence-electron chi connectivity index (χ0n) is 21.1. The summed E-state index contributed by atoms with van der Waals surface area (Å²) in [5.74, 6) is 2.27. The summed E-state index contributed by atoms with van der Waals surface area (Å²) in [7, 11) is 0. The van der Waals surface area contributed by atoms with E-state index in [1.807, 2.05) is 18.3 Å². The van der Waals surface area contributed by atoms with E-state index in [0.29, 0.717) is 18.3 Å². The Bertz CT molecular complexity index is 877. The highest BCUT2D eigenvalue weighted by Crippen LogP contribution is 2.32. The van der Waals surface area contributed by atoms with Gasteiger partial charge in [0.1, 0.15) is 30.9 Å². The number of phenolic OH excluding ortho intramolecular Hbond substituents is 1. The van der Waals surface area contributed by atoms with Crippen LogP contribution in [0.25, 0.3) is 0 Å². The van der Waals surface area contributed by atoms with Gasteiger partial charge in [-0.3, -0.25) is 5.32 Å². The Morgan fingerprint density at radius 3 is 2.79 bits per heavy atom. The van der Waals surface area contributed by atoms with Crippen LogP contribution in [0.2, 0.25) is 0 Å². The van der Waals surface area contributed by atoms with Crippen molar-refractivity contribution in [2.45, 2.75) is 71.9 Å². The van der Waals surface area contributed by atoms with Crippen LogP contribution in [0.15, 0.2) is 46.6 Å². The number of aryl methyl sites for hydroxylation is 1. The lowest BCUT2D eigenvalue weighted by molar-refractivity contribution is -0.0550. The molecule has 2 atom stereocenters. The van der Waals surface area contributed by atoms with Gasteiger partial charge in [-0.05, 0) is 57.4 Å². The smallest absolute Gasteiger partial charge is 0.196 e. The topological polar surface area (TPSA) is 86.9 Å². The average Bonchev–Trinajstić information content (AvgIpc) is 3.47. The van der Waals surface area contributed by atoms with Gasteiger partial charge in [0.25, 0.3) is 0 Å². The molecule has 2 unspecified atom stereocenters. The van der Waals surface area contributed by atoms with Crippen LogP contribution in [0, 0.1) is 17.9 Å². The first-order valence-electron chi connectivity index (χ1n) is 12.6.